The number of amides is 2. The fourth-order valence-electron chi connectivity index (χ4n) is 4.12. The first-order chi connectivity index (χ1) is 15.5. The van der Waals surface area contributed by atoms with Crippen molar-refractivity contribution in [3.05, 3.63) is 94.3 Å². The van der Waals surface area contributed by atoms with Crippen LogP contribution >= 0.6 is 11.6 Å². The maximum atomic E-state index is 13.1. The van der Waals surface area contributed by atoms with Gasteiger partial charge in [-0.05, 0) is 66.9 Å². The number of anilines is 1. The largest absolute Gasteiger partial charge is 0.338 e. The van der Waals surface area contributed by atoms with Gasteiger partial charge in [0.15, 0.2) is 0 Å². The van der Waals surface area contributed by atoms with Crippen LogP contribution in [0.1, 0.15) is 53.0 Å². The Morgan fingerprint density at radius 1 is 1.06 bits per heavy atom. The van der Waals surface area contributed by atoms with Gasteiger partial charge >= 0.3 is 0 Å². The summed E-state index contributed by atoms with van der Waals surface area (Å²) in [4.78, 5) is 31.1. The zero-order chi connectivity index (χ0) is 22.5. The normalized spacial score (nSPS) is 15.9. The molecule has 0 bridgehead atoms. The average Bonchev–Trinajstić information content (AvgIpc) is 2.80. The number of carbonyl (C=O) groups is 2. The van der Waals surface area contributed by atoms with Gasteiger partial charge < -0.3 is 10.2 Å². The van der Waals surface area contributed by atoms with Crippen molar-refractivity contribution in [1.29, 1.82) is 0 Å². The number of benzene rings is 2. The molecule has 0 unspecified atom stereocenters. The summed E-state index contributed by atoms with van der Waals surface area (Å²) in [6.45, 7) is 2.86. The van der Waals surface area contributed by atoms with Crippen molar-refractivity contribution in [2.24, 2.45) is 0 Å². The van der Waals surface area contributed by atoms with E-state index in [2.05, 4.69) is 17.4 Å². The molecule has 1 saturated heterocycles. The fourth-order valence-corrected chi connectivity index (χ4v) is 4.25. The molecule has 0 radical (unpaired) electrons. The molecule has 32 heavy (non-hydrogen) atoms. The molecule has 0 aliphatic carbocycles. The lowest BCUT2D eigenvalue weighted by Gasteiger charge is -2.32. The summed E-state index contributed by atoms with van der Waals surface area (Å²) in [5.74, 6) is 0.103. The summed E-state index contributed by atoms with van der Waals surface area (Å²) in [6, 6.07) is 21.0. The standard InChI is InChI=1S/C26H26ClN3O2/c1-18(31)28-23-13-9-20(10-14-23)26(32)30-15-3-4-21(17-30)25-6-2-5-24(29-25)16-19-7-11-22(27)12-8-19/h2,5-14,21H,3-4,15-17H2,1H3,(H,28,31)/t21-/m0/s1. The van der Waals surface area contributed by atoms with Gasteiger partial charge in [-0.3, -0.25) is 14.6 Å². The number of pyridine rings is 1. The van der Waals surface area contributed by atoms with Crippen LogP contribution in [0.15, 0.2) is 66.7 Å². The maximum Gasteiger partial charge on any atom is 0.253 e. The monoisotopic (exact) mass is 447 g/mol. The molecule has 2 heterocycles. The van der Waals surface area contributed by atoms with E-state index in [1.54, 1.807) is 24.3 Å². The van der Waals surface area contributed by atoms with Crippen LogP contribution in [0, 0.1) is 0 Å². The van der Waals surface area contributed by atoms with Crippen LogP contribution in [-0.2, 0) is 11.2 Å². The predicted octanol–water partition coefficient (Wildman–Crippen LogP) is 5.30. The van der Waals surface area contributed by atoms with Crippen molar-refractivity contribution < 1.29 is 9.59 Å². The van der Waals surface area contributed by atoms with Crippen LogP contribution in [0.4, 0.5) is 5.69 Å². The number of rotatable bonds is 5. The minimum absolute atomic E-state index is 0.0152. The number of likely N-dealkylation sites (tertiary alicyclic amines) is 1. The Labute approximate surface area is 193 Å². The van der Waals surface area contributed by atoms with Crippen molar-refractivity contribution in [3.63, 3.8) is 0 Å². The Morgan fingerprint density at radius 3 is 2.53 bits per heavy atom. The van der Waals surface area contributed by atoms with E-state index in [9.17, 15) is 9.59 Å². The number of carbonyl (C=O) groups excluding carboxylic acids is 2. The van der Waals surface area contributed by atoms with Crippen molar-refractivity contribution in [2.75, 3.05) is 18.4 Å². The number of aromatic nitrogens is 1. The van der Waals surface area contributed by atoms with E-state index in [0.29, 0.717) is 17.8 Å². The molecule has 0 saturated carbocycles. The Morgan fingerprint density at radius 2 is 1.81 bits per heavy atom. The summed E-state index contributed by atoms with van der Waals surface area (Å²) in [5, 5.41) is 3.45. The summed E-state index contributed by atoms with van der Waals surface area (Å²) in [7, 11) is 0. The number of piperidine rings is 1. The second-order valence-corrected chi connectivity index (χ2v) is 8.64. The third-order valence-corrected chi connectivity index (χ3v) is 5.96. The van der Waals surface area contributed by atoms with Crippen LogP contribution in [0.25, 0.3) is 0 Å². The van der Waals surface area contributed by atoms with Gasteiger partial charge in [0, 0.05) is 60.0 Å². The molecule has 5 nitrogen and oxygen atoms in total. The van der Waals surface area contributed by atoms with E-state index >= 15 is 0 Å². The molecule has 164 valence electrons. The van der Waals surface area contributed by atoms with Crippen molar-refractivity contribution in [1.82, 2.24) is 9.88 Å². The van der Waals surface area contributed by atoms with E-state index in [-0.39, 0.29) is 17.7 Å². The average molecular weight is 448 g/mol. The van der Waals surface area contributed by atoms with Gasteiger partial charge in [-0.1, -0.05) is 29.8 Å². The second-order valence-electron chi connectivity index (χ2n) is 8.21. The molecule has 0 spiro atoms. The molecule has 3 aromatic rings. The van der Waals surface area contributed by atoms with E-state index in [4.69, 9.17) is 16.6 Å². The van der Waals surface area contributed by atoms with Gasteiger partial charge in [-0.2, -0.15) is 0 Å². The highest BCUT2D eigenvalue weighted by atomic mass is 35.5. The number of hydrogen-bond acceptors (Lipinski definition) is 3. The van der Waals surface area contributed by atoms with Gasteiger partial charge in [0.1, 0.15) is 0 Å². The van der Waals surface area contributed by atoms with E-state index in [0.717, 1.165) is 42.2 Å². The van der Waals surface area contributed by atoms with Crippen LogP contribution in [0.3, 0.4) is 0 Å². The molecule has 1 aliphatic rings. The van der Waals surface area contributed by atoms with Crippen LogP contribution in [0.2, 0.25) is 5.02 Å². The van der Waals surface area contributed by atoms with Gasteiger partial charge in [-0.25, -0.2) is 0 Å². The van der Waals surface area contributed by atoms with E-state index < -0.39 is 0 Å². The van der Waals surface area contributed by atoms with Crippen molar-refractivity contribution in [3.8, 4) is 0 Å². The van der Waals surface area contributed by atoms with Crippen LogP contribution in [-0.4, -0.2) is 34.8 Å². The lowest BCUT2D eigenvalue weighted by atomic mass is 9.93. The SMILES string of the molecule is CC(=O)Nc1ccc(C(=O)N2CCC[C@H](c3cccc(Cc4ccc(Cl)cc4)n3)C2)cc1. The van der Waals surface area contributed by atoms with E-state index in [1.807, 2.05) is 35.2 Å². The topological polar surface area (TPSA) is 62.3 Å². The smallest absolute Gasteiger partial charge is 0.253 e. The Hall–Kier alpha value is -3.18. The Balaban J connectivity index is 1.44. The molecule has 2 amide bonds. The summed E-state index contributed by atoms with van der Waals surface area (Å²) in [5.41, 5.74) is 4.54. The summed E-state index contributed by atoms with van der Waals surface area (Å²) >= 11 is 5.99. The number of nitrogens with zero attached hydrogens (tertiary/aromatic N) is 2. The quantitative estimate of drug-likeness (QED) is 0.577. The molecular formula is C26H26ClN3O2. The second kappa shape index (κ2) is 9.96. The molecule has 1 atom stereocenters. The predicted molar refractivity (Wildman–Crippen MR) is 127 cm³/mol. The maximum absolute atomic E-state index is 13.1. The van der Waals surface area contributed by atoms with Crippen molar-refractivity contribution >= 4 is 29.1 Å². The Bertz CT molecular complexity index is 1100. The molecule has 1 aromatic heterocycles. The lowest BCUT2D eigenvalue weighted by molar-refractivity contribution is -0.114. The summed E-state index contributed by atoms with van der Waals surface area (Å²) in [6.07, 6.45) is 2.72. The highest BCUT2D eigenvalue weighted by molar-refractivity contribution is 6.30. The minimum Gasteiger partial charge on any atom is -0.338 e. The third-order valence-electron chi connectivity index (χ3n) is 5.71. The molecule has 6 heteroatoms. The van der Waals surface area contributed by atoms with Gasteiger partial charge in [-0.15, -0.1) is 0 Å². The first-order valence-electron chi connectivity index (χ1n) is 10.8. The number of nitrogens with one attached hydrogen (secondary N) is 1. The molecular weight excluding hydrogens is 422 g/mol. The molecule has 2 aromatic carbocycles. The van der Waals surface area contributed by atoms with Crippen molar-refractivity contribution in [2.45, 2.75) is 32.1 Å². The van der Waals surface area contributed by atoms with Gasteiger partial charge in [0.25, 0.3) is 5.91 Å². The molecule has 1 fully saturated rings. The Kier molecular flexibility index (Phi) is 6.86. The molecule has 1 N–H and O–H groups in total. The van der Waals surface area contributed by atoms with Crippen LogP contribution in [0.5, 0.6) is 0 Å². The molecule has 4 rings (SSSR count). The number of halogens is 1. The third kappa shape index (κ3) is 5.54. The number of hydrogen-bond donors (Lipinski definition) is 1. The highest BCUT2D eigenvalue weighted by Crippen LogP contribution is 2.27. The highest BCUT2D eigenvalue weighted by Gasteiger charge is 2.26. The van der Waals surface area contributed by atoms with Crippen LogP contribution < -0.4 is 5.32 Å². The summed E-state index contributed by atoms with van der Waals surface area (Å²) < 4.78 is 0. The minimum atomic E-state index is -0.131. The zero-order valence-electron chi connectivity index (χ0n) is 18.1. The molecule has 1 aliphatic heterocycles. The lowest BCUT2D eigenvalue weighted by Crippen LogP contribution is -2.39. The van der Waals surface area contributed by atoms with Gasteiger partial charge in [0.2, 0.25) is 5.91 Å². The first-order valence-corrected chi connectivity index (χ1v) is 11.2. The fraction of sp³-hybridized carbons (Fsp3) is 0.269. The first kappa shape index (κ1) is 22.0. The zero-order valence-corrected chi connectivity index (χ0v) is 18.8. The van der Waals surface area contributed by atoms with E-state index in [1.165, 1.54) is 12.5 Å². The van der Waals surface area contributed by atoms with Gasteiger partial charge in [0.05, 0.1) is 0 Å².